The number of nitriles is 1. The highest BCUT2D eigenvalue weighted by atomic mass is 16.6. The number of carbonyl (C=O) groups excluding carboxylic acids is 2. The van der Waals surface area contributed by atoms with Gasteiger partial charge in [0.05, 0.1) is 11.6 Å². The Balaban J connectivity index is 1.47. The first-order chi connectivity index (χ1) is 15.7. The molecule has 2 N–H and O–H groups in total. The maximum atomic E-state index is 12.6. The van der Waals surface area contributed by atoms with Gasteiger partial charge in [0, 0.05) is 42.1 Å². The maximum absolute atomic E-state index is 12.6. The number of hydrogen-bond donors (Lipinski definition) is 2. The third-order valence-corrected chi connectivity index (χ3v) is 5.68. The molecular weight excluding hydrogens is 418 g/mol. The van der Waals surface area contributed by atoms with E-state index in [1.165, 1.54) is 17.8 Å². The molecule has 8 nitrogen and oxygen atoms in total. The SMILES string of the molecule is CC(C)(C)OC(=O)N1CCC(c2c[nH]c3ccc(NC(=O)c4cc(C#N)ccn4)cc23)CC1. The average Bonchev–Trinajstić information content (AvgIpc) is 3.21. The number of pyridine rings is 1. The summed E-state index contributed by atoms with van der Waals surface area (Å²) in [5.74, 6) is -0.0634. The van der Waals surface area contributed by atoms with Gasteiger partial charge in [-0.3, -0.25) is 9.78 Å². The van der Waals surface area contributed by atoms with Crippen molar-refractivity contribution in [1.82, 2.24) is 14.9 Å². The summed E-state index contributed by atoms with van der Waals surface area (Å²) in [6, 6.07) is 10.8. The van der Waals surface area contributed by atoms with E-state index >= 15 is 0 Å². The van der Waals surface area contributed by atoms with E-state index in [2.05, 4.69) is 15.3 Å². The number of fused-ring (bicyclic) bond motifs is 1. The second-order valence-corrected chi connectivity index (χ2v) is 9.24. The summed E-state index contributed by atoms with van der Waals surface area (Å²) >= 11 is 0. The van der Waals surface area contributed by atoms with Gasteiger partial charge in [0.25, 0.3) is 5.91 Å². The summed E-state index contributed by atoms with van der Waals surface area (Å²) in [6.45, 7) is 6.90. The molecule has 0 saturated carbocycles. The molecule has 2 amide bonds. The quantitative estimate of drug-likeness (QED) is 0.601. The monoisotopic (exact) mass is 445 g/mol. The Bertz CT molecular complexity index is 1230. The first-order valence-electron chi connectivity index (χ1n) is 11.0. The van der Waals surface area contributed by atoms with Gasteiger partial charge in [0.2, 0.25) is 0 Å². The summed E-state index contributed by atoms with van der Waals surface area (Å²) in [4.78, 5) is 34.1. The fourth-order valence-electron chi connectivity index (χ4n) is 4.08. The van der Waals surface area contributed by atoms with Gasteiger partial charge < -0.3 is 19.9 Å². The van der Waals surface area contributed by atoms with Crippen LogP contribution in [0, 0.1) is 11.3 Å². The molecule has 0 unspecified atom stereocenters. The van der Waals surface area contributed by atoms with Crippen LogP contribution in [0.2, 0.25) is 0 Å². The Kier molecular flexibility index (Phi) is 6.05. The number of nitrogens with one attached hydrogen (secondary N) is 2. The zero-order valence-electron chi connectivity index (χ0n) is 19.0. The summed E-state index contributed by atoms with van der Waals surface area (Å²) in [5.41, 5.74) is 2.89. The number of H-pyrrole nitrogens is 1. The molecule has 0 atom stereocenters. The minimum Gasteiger partial charge on any atom is -0.444 e. The van der Waals surface area contributed by atoms with Gasteiger partial charge in [0.1, 0.15) is 11.3 Å². The fraction of sp³-hybridized carbons (Fsp3) is 0.360. The third-order valence-electron chi connectivity index (χ3n) is 5.68. The van der Waals surface area contributed by atoms with Gasteiger partial charge in [-0.1, -0.05) is 0 Å². The van der Waals surface area contributed by atoms with Crippen LogP contribution < -0.4 is 5.32 Å². The van der Waals surface area contributed by atoms with Gasteiger partial charge in [-0.15, -0.1) is 0 Å². The van der Waals surface area contributed by atoms with Crippen LogP contribution in [0.4, 0.5) is 10.5 Å². The van der Waals surface area contributed by atoms with Crippen LogP contribution in [0.3, 0.4) is 0 Å². The van der Waals surface area contributed by atoms with Crippen LogP contribution in [0.15, 0.2) is 42.7 Å². The van der Waals surface area contributed by atoms with E-state index in [1.54, 1.807) is 11.0 Å². The van der Waals surface area contributed by atoms with Crippen LogP contribution in [0.1, 0.15) is 61.1 Å². The number of benzene rings is 1. The molecule has 3 aromatic rings. The lowest BCUT2D eigenvalue weighted by Gasteiger charge is -2.33. The molecule has 4 rings (SSSR count). The molecule has 0 bridgehead atoms. The van der Waals surface area contributed by atoms with Crippen molar-refractivity contribution >= 4 is 28.6 Å². The molecule has 1 saturated heterocycles. The number of hydrogen-bond acceptors (Lipinski definition) is 5. The van der Waals surface area contributed by atoms with Crippen molar-refractivity contribution in [3.8, 4) is 6.07 Å². The average molecular weight is 446 g/mol. The zero-order valence-corrected chi connectivity index (χ0v) is 19.0. The van der Waals surface area contributed by atoms with E-state index in [0.29, 0.717) is 30.3 Å². The minimum atomic E-state index is -0.503. The number of ether oxygens (including phenoxy) is 1. The van der Waals surface area contributed by atoms with Crippen molar-refractivity contribution < 1.29 is 14.3 Å². The first kappa shape index (κ1) is 22.3. The van der Waals surface area contributed by atoms with Crippen molar-refractivity contribution in [3.05, 3.63) is 59.5 Å². The Morgan fingerprint density at radius 2 is 1.97 bits per heavy atom. The van der Waals surface area contributed by atoms with E-state index in [9.17, 15) is 9.59 Å². The van der Waals surface area contributed by atoms with Crippen molar-refractivity contribution in [3.63, 3.8) is 0 Å². The molecule has 1 fully saturated rings. The van der Waals surface area contributed by atoms with Crippen molar-refractivity contribution in [1.29, 1.82) is 5.26 Å². The molecule has 2 aromatic heterocycles. The van der Waals surface area contributed by atoms with E-state index in [1.807, 2.05) is 51.2 Å². The molecule has 3 heterocycles. The predicted molar refractivity (Wildman–Crippen MR) is 125 cm³/mol. The largest absolute Gasteiger partial charge is 0.444 e. The number of nitrogens with zero attached hydrogens (tertiary/aromatic N) is 3. The molecule has 1 aliphatic rings. The molecule has 170 valence electrons. The number of aromatic amines is 1. The van der Waals surface area contributed by atoms with Crippen LogP contribution in [0.25, 0.3) is 10.9 Å². The summed E-state index contributed by atoms with van der Waals surface area (Å²) in [7, 11) is 0. The van der Waals surface area contributed by atoms with Crippen LogP contribution in [-0.2, 0) is 4.74 Å². The normalized spacial score (nSPS) is 14.7. The summed E-state index contributed by atoms with van der Waals surface area (Å²) < 4.78 is 5.49. The van der Waals surface area contributed by atoms with E-state index < -0.39 is 5.60 Å². The molecule has 0 radical (unpaired) electrons. The van der Waals surface area contributed by atoms with Crippen molar-refractivity contribution in [2.75, 3.05) is 18.4 Å². The van der Waals surface area contributed by atoms with E-state index in [0.717, 1.165) is 23.7 Å². The smallest absolute Gasteiger partial charge is 0.410 e. The number of likely N-dealkylation sites (tertiary alicyclic amines) is 1. The summed E-state index contributed by atoms with van der Waals surface area (Å²) in [6.07, 6.45) is 4.88. The maximum Gasteiger partial charge on any atom is 0.410 e. The molecule has 0 aliphatic carbocycles. The van der Waals surface area contributed by atoms with Crippen molar-refractivity contribution in [2.24, 2.45) is 0 Å². The number of piperidine rings is 1. The van der Waals surface area contributed by atoms with Gasteiger partial charge in [0.15, 0.2) is 0 Å². The second-order valence-electron chi connectivity index (χ2n) is 9.24. The Labute approximate surface area is 192 Å². The second kappa shape index (κ2) is 8.94. The van der Waals surface area contributed by atoms with Gasteiger partial charge in [-0.05, 0) is 75.4 Å². The third kappa shape index (κ3) is 5.14. The lowest BCUT2D eigenvalue weighted by Crippen LogP contribution is -2.41. The van der Waals surface area contributed by atoms with Crippen LogP contribution in [0.5, 0.6) is 0 Å². The number of aromatic nitrogens is 2. The molecule has 0 spiro atoms. The lowest BCUT2D eigenvalue weighted by atomic mass is 9.89. The van der Waals surface area contributed by atoms with Crippen molar-refractivity contribution in [2.45, 2.75) is 45.1 Å². The highest BCUT2D eigenvalue weighted by molar-refractivity contribution is 6.04. The van der Waals surface area contributed by atoms with Crippen LogP contribution >= 0.6 is 0 Å². The highest BCUT2D eigenvalue weighted by Crippen LogP contribution is 2.34. The number of rotatable bonds is 3. The van der Waals surface area contributed by atoms with Gasteiger partial charge in [-0.2, -0.15) is 5.26 Å². The fourth-order valence-corrected chi connectivity index (χ4v) is 4.08. The molecule has 1 aromatic carbocycles. The Morgan fingerprint density at radius 1 is 1.21 bits per heavy atom. The Morgan fingerprint density at radius 3 is 2.67 bits per heavy atom. The minimum absolute atomic E-state index is 0.193. The predicted octanol–water partition coefficient (Wildman–Crippen LogP) is 4.80. The number of carbonyl (C=O) groups is 2. The van der Waals surface area contributed by atoms with E-state index in [-0.39, 0.29) is 17.7 Å². The standard InChI is InChI=1S/C25H27N5O3/c1-25(2,3)33-24(32)30-10-7-17(8-11-30)20-15-28-21-5-4-18(13-19(20)21)29-23(31)22-12-16(14-26)6-9-27-22/h4-6,9,12-13,15,17,28H,7-8,10-11H2,1-3H3,(H,29,31). The van der Waals surface area contributed by atoms with Crippen LogP contribution in [-0.4, -0.2) is 45.6 Å². The zero-order chi connectivity index (χ0) is 23.6. The number of anilines is 1. The molecule has 1 aliphatic heterocycles. The van der Waals surface area contributed by atoms with Gasteiger partial charge in [-0.25, -0.2) is 4.79 Å². The first-order valence-corrected chi connectivity index (χ1v) is 11.0. The molecule has 33 heavy (non-hydrogen) atoms. The van der Waals surface area contributed by atoms with E-state index in [4.69, 9.17) is 10.00 Å². The molecule has 8 heteroatoms. The highest BCUT2D eigenvalue weighted by Gasteiger charge is 2.28. The topological polar surface area (TPSA) is 111 Å². The molecular formula is C25H27N5O3. The van der Waals surface area contributed by atoms with Gasteiger partial charge >= 0.3 is 6.09 Å². The summed E-state index contributed by atoms with van der Waals surface area (Å²) in [5, 5.41) is 13.0. The number of amides is 2. The lowest BCUT2D eigenvalue weighted by molar-refractivity contribution is 0.0205. The Hall–Kier alpha value is -3.86.